The van der Waals surface area contributed by atoms with Gasteiger partial charge in [0.25, 0.3) is 0 Å². The van der Waals surface area contributed by atoms with Crippen LogP contribution in [0.4, 0.5) is 0 Å². The Morgan fingerprint density at radius 2 is 1.02 bits per heavy atom. The summed E-state index contributed by atoms with van der Waals surface area (Å²) in [6, 6.07) is 58.0. The minimum atomic E-state index is 0.549. The molecule has 0 bridgehead atoms. The van der Waals surface area contributed by atoms with Crippen molar-refractivity contribution < 1.29 is 0 Å². The first-order valence-corrected chi connectivity index (χ1v) is 16.3. The van der Waals surface area contributed by atoms with E-state index in [1.54, 1.807) is 0 Å². The molecule has 7 aromatic carbocycles. The van der Waals surface area contributed by atoms with Gasteiger partial charge in [-0.1, -0.05) is 84.9 Å². The first-order valence-electron chi connectivity index (χ1n) is 16.3. The standard InChI is InChI=1S/C45H25N5/c46-26-29-20-22-42-39(23-29)45-32(28-48)10-8-18-43(45)49(42)33-11-7-9-31(25-33)34-12-1-2-13-35(34)38-21-19-30(27-47)24-44(38)50-40-16-5-3-14-36(40)37-15-4-6-17-41(37)50/h1-25H. The highest BCUT2D eigenvalue weighted by molar-refractivity contribution is 6.12. The lowest BCUT2D eigenvalue weighted by Gasteiger charge is -2.18. The van der Waals surface area contributed by atoms with E-state index in [2.05, 4.69) is 130 Å². The summed E-state index contributed by atoms with van der Waals surface area (Å²) in [5.74, 6) is 0. The summed E-state index contributed by atoms with van der Waals surface area (Å²) in [7, 11) is 0. The first kappa shape index (κ1) is 28.8. The van der Waals surface area contributed by atoms with Crippen LogP contribution in [0.2, 0.25) is 0 Å². The predicted molar refractivity (Wildman–Crippen MR) is 200 cm³/mol. The molecular weight excluding hydrogens is 611 g/mol. The average Bonchev–Trinajstić information content (AvgIpc) is 3.70. The molecule has 0 saturated carbocycles. The average molecular weight is 636 g/mol. The number of rotatable bonds is 4. The zero-order chi connectivity index (χ0) is 33.8. The number of hydrogen-bond donors (Lipinski definition) is 0. The SMILES string of the molecule is N#Cc1ccc(-c2ccccc2-c2cccc(-n3c4ccc(C#N)cc4c4c(C#N)cccc43)c2)c(-n2c3ccccc3c3ccccc32)c1. The van der Waals surface area contributed by atoms with Crippen molar-refractivity contribution in [3.8, 4) is 51.8 Å². The minimum Gasteiger partial charge on any atom is -0.309 e. The van der Waals surface area contributed by atoms with Crippen LogP contribution in [-0.4, -0.2) is 9.13 Å². The van der Waals surface area contributed by atoms with Gasteiger partial charge >= 0.3 is 0 Å². The molecule has 0 aliphatic carbocycles. The Hall–Kier alpha value is -7.39. The van der Waals surface area contributed by atoms with E-state index < -0.39 is 0 Å². The lowest BCUT2D eigenvalue weighted by atomic mass is 9.92. The maximum Gasteiger partial charge on any atom is 0.0998 e. The van der Waals surface area contributed by atoms with Gasteiger partial charge in [0.2, 0.25) is 0 Å². The Labute approximate surface area is 287 Å². The van der Waals surface area contributed by atoms with Crippen molar-refractivity contribution in [2.24, 2.45) is 0 Å². The van der Waals surface area contributed by atoms with E-state index in [-0.39, 0.29) is 0 Å². The molecule has 2 aromatic heterocycles. The minimum absolute atomic E-state index is 0.549. The highest BCUT2D eigenvalue weighted by Gasteiger charge is 2.20. The van der Waals surface area contributed by atoms with Gasteiger partial charge in [0.05, 0.1) is 62.7 Å². The summed E-state index contributed by atoms with van der Waals surface area (Å²) in [5.41, 5.74) is 11.7. The van der Waals surface area contributed by atoms with Gasteiger partial charge in [0.1, 0.15) is 0 Å². The number of fused-ring (bicyclic) bond motifs is 6. The quantitative estimate of drug-likeness (QED) is 0.193. The zero-order valence-electron chi connectivity index (χ0n) is 26.7. The topological polar surface area (TPSA) is 81.2 Å². The van der Waals surface area contributed by atoms with Crippen molar-refractivity contribution in [3.05, 3.63) is 168 Å². The molecule has 2 heterocycles. The highest BCUT2D eigenvalue weighted by atomic mass is 15.0. The number of nitriles is 3. The third-order valence-corrected chi connectivity index (χ3v) is 9.62. The second kappa shape index (κ2) is 11.4. The Bertz CT molecular complexity index is 2920. The largest absolute Gasteiger partial charge is 0.309 e. The highest BCUT2D eigenvalue weighted by Crippen LogP contribution is 2.41. The molecule has 9 aromatic rings. The molecule has 0 spiro atoms. The Kier molecular flexibility index (Phi) is 6.56. The van der Waals surface area contributed by atoms with Crippen molar-refractivity contribution in [1.82, 2.24) is 9.13 Å². The van der Waals surface area contributed by atoms with Gasteiger partial charge in [0.15, 0.2) is 0 Å². The van der Waals surface area contributed by atoms with E-state index in [4.69, 9.17) is 0 Å². The van der Waals surface area contributed by atoms with Crippen LogP contribution in [0.5, 0.6) is 0 Å². The summed E-state index contributed by atoms with van der Waals surface area (Å²) >= 11 is 0. The van der Waals surface area contributed by atoms with Crippen LogP contribution in [0.15, 0.2) is 152 Å². The number of para-hydroxylation sites is 2. The molecule has 0 radical (unpaired) electrons. The van der Waals surface area contributed by atoms with Crippen molar-refractivity contribution in [3.63, 3.8) is 0 Å². The Balaban J connectivity index is 1.28. The molecule has 9 rings (SSSR count). The Morgan fingerprint density at radius 3 is 1.76 bits per heavy atom. The van der Waals surface area contributed by atoms with E-state index in [0.717, 1.165) is 77.2 Å². The van der Waals surface area contributed by atoms with Crippen LogP contribution in [0.1, 0.15) is 16.7 Å². The number of hydrogen-bond acceptors (Lipinski definition) is 3. The van der Waals surface area contributed by atoms with Gasteiger partial charge in [-0.15, -0.1) is 0 Å². The first-order chi connectivity index (χ1) is 24.7. The number of aromatic nitrogens is 2. The summed E-state index contributed by atoms with van der Waals surface area (Å²) in [6.07, 6.45) is 0. The summed E-state index contributed by atoms with van der Waals surface area (Å²) in [6.45, 7) is 0. The van der Waals surface area contributed by atoms with Gasteiger partial charge in [-0.2, -0.15) is 15.8 Å². The second-order valence-electron chi connectivity index (χ2n) is 12.3. The monoisotopic (exact) mass is 635 g/mol. The van der Waals surface area contributed by atoms with Crippen molar-refractivity contribution in [2.45, 2.75) is 0 Å². The molecule has 0 aliphatic heterocycles. The second-order valence-corrected chi connectivity index (χ2v) is 12.3. The lowest BCUT2D eigenvalue weighted by molar-refractivity contribution is 1.18. The summed E-state index contributed by atoms with van der Waals surface area (Å²) < 4.78 is 4.44. The molecule has 0 aliphatic rings. The fourth-order valence-electron chi connectivity index (χ4n) is 7.49. The van der Waals surface area contributed by atoms with E-state index in [1.165, 1.54) is 0 Å². The zero-order valence-corrected chi connectivity index (χ0v) is 26.7. The van der Waals surface area contributed by atoms with Crippen LogP contribution in [0.3, 0.4) is 0 Å². The summed E-state index contributed by atoms with van der Waals surface area (Å²) in [4.78, 5) is 0. The van der Waals surface area contributed by atoms with Gasteiger partial charge in [0, 0.05) is 32.8 Å². The molecule has 0 unspecified atom stereocenters. The maximum atomic E-state index is 10.0. The number of benzene rings is 7. The van der Waals surface area contributed by atoms with Crippen molar-refractivity contribution in [1.29, 1.82) is 15.8 Å². The van der Waals surface area contributed by atoms with Gasteiger partial charge in [-0.25, -0.2) is 0 Å². The molecular formula is C45H25N5. The third kappa shape index (κ3) is 4.31. The fourth-order valence-corrected chi connectivity index (χ4v) is 7.49. The van der Waals surface area contributed by atoms with Gasteiger partial charge < -0.3 is 9.13 Å². The molecule has 5 nitrogen and oxygen atoms in total. The Morgan fingerprint density at radius 1 is 0.400 bits per heavy atom. The predicted octanol–water partition coefficient (Wildman–Crippen LogP) is 10.8. The molecule has 0 fully saturated rings. The molecule has 0 atom stereocenters. The molecule has 230 valence electrons. The maximum absolute atomic E-state index is 10.0. The molecule has 5 heteroatoms. The summed E-state index contributed by atoms with van der Waals surface area (Å²) in [5, 5.41) is 33.7. The van der Waals surface area contributed by atoms with Crippen LogP contribution in [0, 0.1) is 34.0 Å². The molecule has 50 heavy (non-hydrogen) atoms. The van der Waals surface area contributed by atoms with Crippen LogP contribution in [0.25, 0.3) is 77.2 Å². The van der Waals surface area contributed by atoms with Gasteiger partial charge in [-0.05, 0) is 83.4 Å². The molecule has 0 N–H and O–H groups in total. The smallest absolute Gasteiger partial charge is 0.0998 e. The molecule has 0 amide bonds. The van der Waals surface area contributed by atoms with Crippen LogP contribution < -0.4 is 0 Å². The van der Waals surface area contributed by atoms with Crippen molar-refractivity contribution >= 4 is 43.6 Å². The van der Waals surface area contributed by atoms with Crippen LogP contribution >= 0.6 is 0 Å². The molecule has 0 saturated heterocycles. The third-order valence-electron chi connectivity index (χ3n) is 9.62. The van der Waals surface area contributed by atoms with Gasteiger partial charge in [-0.3, -0.25) is 0 Å². The van der Waals surface area contributed by atoms with Crippen molar-refractivity contribution in [2.75, 3.05) is 0 Å². The van der Waals surface area contributed by atoms with E-state index in [9.17, 15) is 15.8 Å². The fraction of sp³-hybridized carbons (Fsp3) is 0. The number of nitrogens with zero attached hydrogens (tertiary/aromatic N) is 5. The van der Waals surface area contributed by atoms with E-state index >= 15 is 0 Å². The normalized spacial score (nSPS) is 11.1. The van der Waals surface area contributed by atoms with E-state index in [0.29, 0.717) is 16.7 Å². The van der Waals surface area contributed by atoms with E-state index in [1.807, 2.05) is 48.5 Å². The lowest BCUT2D eigenvalue weighted by Crippen LogP contribution is -1.99. The van der Waals surface area contributed by atoms with Crippen LogP contribution in [-0.2, 0) is 0 Å².